The van der Waals surface area contributed by atoms with Crippen molar-refractivity contribution in [2.75, 3.05) is 12.3 Å². The predicted molar refractivity (Wildman–Crippen MR) is 80.7 cm³/mol. The van der Waals surface area contributed by atoms with Gasteiger partial charge in [-0.3, -0.25) is 4.90 Å². The van der Waals surface area contributed by atoms with E-state index in [-0.39, 0.29) is 0 Å². The largest absolute Gasteiger partial charge is 0.368 e. The fourth-order valence-corrected chi connectivity index (χ4v) is 2.74. The molecule has 0 amide bonds. The van der Waals surface area contributed by atoms with Gasteiger partial charge in [-0.25, -0.2) is 9.97 Å². The van der Waals surface area contributed by atoms with E-state index in [1.54, 1.807) is 0 Å². The van der Waals surface area contributed by atoms with Crippen molar-refractivity contribution < 1.29 is 0 Å². The zero-order valence-corrected chi connectivity index (χ0v) is 12.3. The highest BCUT2D eigenvalue weighted by Crippen LogP contribution is 2.24. The highest BCUT2D eigenvalue weighted by atomic mass is 35.5. The van der Waals surface area contributed by atoms with E-state index in [4.69, 9.17) is 28.9 Å². The van der Waals surface area contributed by atoms with Crippen molar-refractivity contribution in [3.63, 3.8) is 0 Å². The van der Waals surface area contributed by atoms with E-state index in [0.717, 1.165) is 42.9 Å². The number of hydrogen-bond acceptors (Lipinski definition) is 4. The van der Waals surface area contributed by atoms with E-state index in [1.807, 2.05) is 24.4 Å². The second-order valence-electron chi connectivity index (χ2n) is 4.91. The van der Waals surface area contributed by atoms with Crippen LogP contribution in [-0.2, 0) is 19.5 Å². The molecular weight excluding hydrogens is 295 g/mol. The van der Waals surface area contributed by atoms with Gasteiger partial charge in [-0.1, -0.05) is 29.3 Å². The molecule has 0 fully saturated rings. The first-order valence-corrected chi connectivity index (χ1v) is 7.14. The van der Waals surface area contributed by atoms with E-state index in [0.29, 0.717) is 16.0 Å². The minimum absolute atomic E-state index is 0.349. The van der Waals surface area contributed by atoms with E-state index >= 15 is 0 Å². The number of aromatic nitrogens is 2. The number of nitrogens with zero attached hydrogens (tertiary/aromatic N) is 3. The van der Waals surface area contributed by atoms with Crippen LogP contribution < -0.4 is 5.73 Å². The third kappa shape index (κ3) is 2.87. The summed E-state index contributed by atoms with van der Waals surface area (Å²) in [6.45, 7) is 2.61. The normalized spacial score (nSPS) is 15.1. The molecule has 0 aliphatic carbocycles. The standard InChI is InChI=1S/C14H14Cl2N4/c15-11-2-1-9(5-12(11)16)7-20-4-3-13-10(8-20)6-18-14(17)19-13/h1-2,5-6H,3-4,7-8H2,(H2,17,18,19). The summed E-state index contributed by atoms with van der Waals surface area (Å²) in [7, 11) is 0. The SMILES string of the molecule is Nc1ncc2c(n1)CCN(Cc1ccc(Cl)c(Cl)c1)C2. The maximum Gasteiger partial charge on any atom is 0.220 e. The van der Waals surface area contributed by atoms with Crippen LogP contribution in [0.3, 0.4) is 0 Å². The average molecular weight is 309 g/mol. The Balaban J connectivity index is 1.74. The molecule has 0 unspecified atom stereocenters. The van der Waals surface area contributed by atoms with Crippen molar-refractivity contribution in [2.24, 2.45) is 0 Å². The van der Waals surface area contributed by atoms with Gasteiger partial charge in [0.05, 0.1) is 15.7 Å². The fourth-order valence-electron chi connectivity index (χ4n) is 2.42. The number of nitrogens with two attached hydrogens (primary N) is 1. The van der Waals surface area contributed by atoms with Gasteiger partial charge in [0.25, 0.3) is 0 Å². The molecule has 1 aliphatic rings. The summed E-state index contributed by atoms with van der Waals surface area (Å²) in [4.78, 5) is 10.7. The lowest BCUT2D eigenvalue weighted by molar-refractivity contribution is 0.243. The predicted octanol–water partition coefficient (Wildman–Crippen LogP) is 2.92. The van der Waals surface area contributed by atoms with Crippen molar-refractivity contribution in [1.82, 2.24) is 14.9 Å². The average Bonchev–Trinajstić information content (AvgIpc) is 2.43. The molecular formula is C14H14Cl2N4. The summed E-state index contributed by atoms with van der Waals surface area (Å²) in [5, 5.41) is 1.18. The van der Waals surface area contributed by atoms with Crippen LogP contribution in [0.5, 0.6) is 0 Å². The Morgan fingerprint density at radius 1 is 1.25 bits per heavy atom. The Labute approximate surface area is 127 Å². The number of benzene rings is 1. The zero-order chi connectivity index (χ0) is 14.1. The molecule has 1 aromatic heterocycles. The Kier molecular flexibility index (Phi) is 3.78. The third-order valence-corrected chi connectivity index (χ3v) is 4.16. The molecule has 2 N–H and O–H groups in total. The zero-order valence-electron chi connectivity index (χ0n) is 10.8. The quantitative estimate of drug-likeness (QED) is 0.927. The van der Waals surface area contributed by atoms with Gasteiger partial charge in [0.1, 0.15) is 0 Å². The maximum atomic E-state index is 6.05. The lowest BCUT2D eigenvalue weighted by Crippen LogP contribution is -2.31. The van der Waals surface area contributed by atoms with Gasteiger partial charge in [-0.15, -0.1) is 0 Å². The van der Waals surface area contributed by atoms with Crippen LogP contribution >= 0.6 is 23.2 Å². The molecule has 6 heteroatoms. The smallest absolute Gasteiger partial charge is 0.220 e. The number of halogens is 2. The maximum absolute atomic E-state index is 6.05. The summed E-state index contributed by atoms with van der Waals surface area (Å²) < 4.78 is 0. The number of rotatable bonds is 2. The highest BCUT2D eigenvalue weighted by Gasteiger charge is 2.18. The van der Waals surface area contributed by atoms with Gasteiger partial charge in [0, 0.05) is 37.8 Å². The van der Waals surface area contributed by atoms with Gasteiger partial charge >= 0.3 is 0 Å². The van der Waals surface area contributed by atoms with Crippen LogP contribution in [0.4, 0.5) is 5.95 Å². The first-order chi connectivity index (χ1) is 9.61. The van der Waals surface area contributed by atoms with Crippen LogP contribution in [0.25, 0.3) is 0 Å². The molecule has 4 nitrogen and oxygen atoms in total. The van der Waals surface area contributed by atoms with E-state index in [9.17, 15) is 0 Å². The van der Waals surface area contributed by atoms with Gasteiger partial charge < -0.3 is 5.73 Å². The van der Waals surface area contributed by atoms with Crippen LogP contribution in [0, 0.1) is 0 Å². The van der Waals surface area contributed by atoms with Crippen LogP contribution in [0.2, 0.25) is 10.0 Å². The molecule has 0 bridgehead atoms. The summed E-state index contributed by atoms with van der Waals surface area (Å²) in [6.07, 6.45) is 2.71. The van der Waals surface area contributed by atoms with Crippen molar-refractivity contribution >= 4 is 29.2 Å². The molecule has 0 radical (unpaired) electrons. The lowest BCUT2D eigenvalue weighted by Gasteiger charge is -2.27. The Hall–Kier alpha value is -1.36. The molecule has 0 spiro atoms. The molecule has 104 valence electrons. The molecule has 2 heterocycles. The monoisotopic (exact) mass is 308 g/mol. The van der Waals surface area contributed by atoms with Gasteiger partial charge in [0.2, 0.25) is 5.95 Å². The molecule has 0 saturated carbocycles. The first kappa shape index (κ1) is 13.6. The van der Waals surface area contributed by atoms with Gasteiger partial charge in [-0.2, -0.15) is 0 Å². The van der Waals surface area contributed by atoms with Crippen molar-refractivity contribution in [1.29, 1.82) is 0 Å². The molecule has 3 rings (SSSR count). The van der Waals surface area contributed by atoms with E-state index < -0.39 is 0 Å². The van der Waals surface area contributed by atoms with Gasteiger partial charge in [0.15, 0.2) is 0 Å². The number of anilines is 1. The molecule has 0 saturated heterocycles. The second kappa shape index (κ2) is 5.56. The third-order valence-electron chi connectivity index (χ3n) is 3.42. The summed E-state index contributed by atoms with van der Waals surface area (Å²) >= 11 is 12.0. The molecule has 2 aromatic rings. The summed E-state index contributed by atoms with van der Waals surface area (Å²) in [5.41, 5.74) is 8.96. The van der Waals surface area contributed by atoms with E-state index in [1.165, 1.54) is 0 Å². The summed E-state index contributed by atoms with van der Waals surface area (Å²) in [6, 6.07) is 5.75. The van der Waals surface area contributed by atoms with Gasteiger partial charge in [-0.05, 0) is 17.7 Å². The molecule has 1 aliphatic heterocycles. The van der Waals surface area contributed by atoms with Crippen LogP contribution in [-0.4, -0.2) is 21.4 Å². The van der Waals surface area contributed by atoms with Crippen LogP contribution in [0.1, 0.15) is 16.8 Å². The van der Waals surface area contributed by atoms with Crippen molar-refractivity contribution in [2.45, 2.75) is 19.5 Å². The van der Waals surface area contributed by atoms with Crippen molar-refractivity contribution in [3.8, 4) is 0 Å². The van der Waals surface area contributed by atoms with Crippen LogP contribution in [0.15, 0.2) is 24.4 Å². The Morgan fingerprint density at radius 3 is 2.90 bits per heavy atom. The minimum atomic E-state index is 0.349. The number of nitrogen functional groups attached to an aromatic ring is 1. The molecule has 0 atom stereocenters. The number of fused-ring (bicyclic) bond motifs is 1. The first-order valence-electron chi connectivity index (χ1n) is 6.38. The number of hydrogen-bond donors (Lipinski definition) is 1. The van der Waals surface area contributed by atoms with Crippen molar-refractivity contribution in [3.05, 3.63) is 51.3 Å². The second-order valence-corrected chi connectivity index (χ2v) is 5.72. The summed E-state index contributed by atoms with van der Waals surface area (Å²) in [5.74, 6) is 0.349. The highest BCUT2D eigenvalue weighted by molar-refractivity contribution is 6.42. The topological polar surface area (TPSA) is 55.0 Å². The Bertz CT molecular complexity index is 645. The minimum Gasteiger partial charge on any atom is -0.368 e. The molecule has 1 aromatic carbocycles. The van der Waals surface area contributed by atoms with E-state index in [2.05, 4.69) is 14.9 Å². The fraction of sp³-hybridized carbons (Fsp3) is 0.286. The molecule has 20 heavy (non-hydrogen) atoms. The lowest BCUT2D eigenvalue weighted by atomic mass is 10.1. The Morgan fingerprint density at radius 2 is 2.10 bits per heavy atom.